The molecule has 1 aromatic carbocycles. The SMILES string of the molecule is Cc1cc(C(=O)Nc2ccc3c(c2F)CCNC3)c2c(C)[nH]nc2n1.Cl.Cl. The van der Waals surface area contributed by atoms with Gasteiger partial charge in [-0.1, -0.05) is 6.07 Å². The van der Waals surface area contributed by atoms with Gasteiger partial charge in [0.2, 0.25) is 0 Å². The summed E-state index contributed by atoms with van der Waals surface area (Å²) >= 11 is 0. The summed E-state index contributed by atoms with van der Waals surface area (Å²) in [5.74, 6) is -0.717. The number of amides is 1. The Morgan fingerprint density at radius 1 is 1.26 bits per heavy atom. The number of hydrogen-bond acceptors (Lipinski definition) is 4. The van der Waals surface area contributed by atoms with E-state index in [1.165, 1.54) is 0 Å². The first-order valence-corrected chi connectivity index (χ1v) is 8.19. The summed E-state index contributed by atoms with van der Waals surface area (Å²) in [6.45, 7) is 5.01. The predicted molar refractivity (Wildman–Crippen MR) is 108 cm³/mol. The summed E-state index contributed by atoms with van der Waals surface area (Å²) < 4.78 is 14.8. The van der Waals surface area contributed by atoms with Crippen LogP contribution in [-0.4, -0.2) is 27.6 Å². The van der Waals surface area contributed by atoms with Crippen LogP contribution >= 0.6 is 24.8 Å². The van der Waals surface area contributed by atoms with E-state index in [1.54, 1.807) is 19.1 Å². The number of fused-ring (bicyclic) bond motifs is 2. The molecule has 3 aromatic rings. The maximum Gasteiger partial charge on any atom is 0.256 e. The average Bonchev–Trinajstić information content (AvgIpc) is 2.97. The minimum absolute atomic E-state index is 0. The summed E-state index contributed by atoms with van der Waals surface area (Å²) in [4.78, 5) is 17.1. The number of H-pyrrole nitrogens is 1. The van der Waals surface area contributed by atoms with Crippen molar-refractivity contribution in [2.75, 3.05) is 11.9 Å². The number of anilines is 1. The molecule has 144 valence electrons. The molecule has 0 spiro atoms. The Balaban J connectivity index is 0.00000131. The van der Waals surface area contributed by atoms with Crippen molar-refractivity contribution in [3.8, 4) is 0 Å². The minimum atomic E-state index is -0.368. The van der Waals surface area contributed by atoms with Crippen molar-refractivity contribution in [1.29, 1.82) is 0 Å². The van der Waals surface area contributed by atoms with Crippen LogP contribution < -0.4 is 10.6 Å². The summed E-state index contributed by atoms with van der Waals surface area (Å²) in [6, 6.07) is 5.17. The standard InChI is InChI=1S/C18H18FN5O.2ClH/c1-9-7-13(15-10(2)23-24-17(15)21-9)18(25)22-14-4-3-11-8-20-6-5-12(11)16(14)19;;/h3-4,7,20H,5-6,8H2,1-2H3,(H,22,25)(H,21,23,24);2*1H. The Bertz CT molecular complexity index is 1010. The third-order valence-electron chi connectivity index (χ3n) is 4.53. The lowest BCUT2D eigenvalue weighted by molar-refractivity contribution is 0.102. The molecule has 0 unspecified atom stereocenters. The Kier molecular flexibility index (Phi) is 6.41. The third kappa shape index (κ3) is 3.76. The van der Waals surface area contributed by atoms with Gasteiger partial charge in [-0.2, -0.15) is 5.10 Å². The molecule has 6 nitrogen and oxygen atoms in total. The normalized spacial score (nSPS) is 12.7. The van der Waals surface area contributed by atoms with Gasteiger partial charge in [0.15, 0.2) is 5.65 Å². The maximum absolute atomic E-state index is 14.8. The Labute approximate surface area is 168 Å². The zero-order chi connectivity index (χ0) is 17.6. The van der Waals surface area contributed by atoms with Crippen molar-refractivity contribution < 1.29 is 9.18 Å². The number of pyridine rings is 1. The largest absolute Gasteiger partial charge is 0.319 e. The van der Waals surface area contributed by atoms with Crippen molar-refractivity contribution in [1.82, 2.24) is 20.5 Å². The van der Waals surface area contributed by atoms with Gasteiger partial charge in [-0.05, 0) is 50.1 Å². The molecule has 1 amide bonds. The molecular formula is C18H20Cl2FN5O. The van der Waals surface area contributed by atoms with Gasteiger partial charge in [0, 0.05) is 17.9 Å². The molecule has 0 saturated carbocycles. The zero-order valence-corrected chi connectivity index (χ0v) is 16.5. The van der Waals surface area contributed by atoms with Gasteiger partial charge >= 0.3 is 0 Å². The fraction of sp³-hybridized carbons (Fsp3) is 0.278. The van der Waals surface area contributed by atoms with E-state index in [4.69, 9.17) is 0 Å². The molecule has 0 saturated heterocycles. The van der Waals surface area contributed by atoms with Crippen molar-refractivity contribution in [3.63, 3.8) is 0 Å². The lowest BCUT2D eigenvalue weighted by Gasteiger charge is -2.19. The second kappa shape index (κ2) is 8.21. The number of halogens is 3. The summed E-state index contributed by atoms with van der Waals surface area (Å²) in [5.41, 5.74) is 4.18. The van der Waals surface area contributed by atoms with Gasteiger partial charge in [-0.25, -0.2) is 9.37 Å². The number of aromatic amines is 1. The highest BCUT2D eigenvalue weighted by Crippen LogP contribution is 2.26. The number of carbonyl (C=O) groups is 1. The van der Waals surface area contributed by atoms with Gasteiger partial charge < -0.3 is 10.6 Å². The lowest BCUT2D eigenvalue weighted by Crippen LogP contribution is -2.25. The van der Waals surface area contributed by atoms with Gasteiger partial charge in [0.1, 0.15) is 5.82 Å². The molecule has 0 radical (unpaired) electrons. The Morgan fingerprint density at radius 3 is 2.81 bits per heavy atom. The molecule has 27 heavy (non-hydrogen) atoms. The van der Waals surface area contributed by atoms with Crippen molar-refractivity contribution >= 4 is 47.4 Å². The number of nitrogens with zero attached hydrogens (tertiary/aromatic N) is 2. The van der Waals surface area contributed by atoms with Crippen LogP contribution in [0.1, 0.15) is 32.9 Å². The minimum Gasteiger partial charge on any atom is -0.319 e. The number of aryl methyl sites for hydroxylation is 2. The predicted octanol–water partition coefficient (Wildman–Crippen LogP) is 3.46. The van der Waals surface area contributed by atoms with Crippen LogP contribution in [0.15, 0.2) is 18.2 Å². The molecule has 0 aliphatic carbocycles. The van der Waals surface area contributed by atoms with E-state index < -0.39 is 0 Å². The molecule has 0 fully saturated rings. The van der Waals surface area contributed by atoms with Gasteiger partial charge in [0.05, 0.1) is 16.6 Å². The molecule has 3 heterocycles. The van der Waals surface area contributed by atoms with Crippen LogP contribution in [0.5, 0.6) is 0 Å². The molecule has 0 bridgehead atoms. The topological polar surface area (TPSA) is 82.7 Å². The highest BCUT2D eigenvalue weighted by molar-refractivity contribution is 6.12. The van der Waals surface area contributed by atoms with Crippen molar-refractivity contribution in [2.24, 2.45) is 0 Å². The second-order valence-electron chi connectivity index (χ2n) is 6.30. The van der Waals surface area contributed by atoms with Crippen LogP contribution in [0, 0.1) is 19.7 Å². The zero-order valence-electron chi connectivity index (χ0n) is 14.9. The first kappa shape index (κ1) is 21.1. The van der Waals surface area contributed by atoms with E-state index in [-0.39, 0.29) is 42.2 Å². The van der Waals surface area contributed by atoms with E-state index in [0.29, 0.717) is 40.8 Å². The highest BCUT2D eigenvalue weighted by atomic mass is 35.5. The van der Waals surface area contributed by atoms with E-state index in [0.717, 1.165) is 17.8 Å². The first-order valence-electron chi connectivity index (χ1n) is 8.19. The molecule has 4 rings (SSSR count). The third-order valence-corrected chi connectivity index (χ3v) is 4.53. The van der Waals surface area contributed by atoms with Crippen LogP contribution in [0.2, 0.25) is 0 Å². The van der Waals surface area contributed by atoms with E-state index in [1.807, 2.05) is 13.0 Å². The fourth-order valence-electron chi connectivity index (χ4n) is 3.30. The molecule has 9 heteroatoms. The van der Waals surface area contributed by atoms with Gasteiger partial charge in [-0.15, -0.1) is 24.8 Å². The molecule has 0 atom stereocenters. The number of carbonyl (C=O) groups excluding carboxylic acids is 1. The number of aromatic nitrogens is 3. The van der Waals surface area contributed by atoms with Gasteiger partial charge in [-0.3, -0.25) is 9.89 Å². The number of rotatable bonds is 2. The quantitative estimate of drug-likeness (QED) is 0.602. The fourth-order valence-corrected chi connectivity index (χ4v) is 3.30. The Morgan fingerprint density at radius 2 is 2.04 bits per heavy atom. The first-order chi connectivity index (χ1) is 12.0. The highest BCUT2D eigenvalue weighted by Gasteiger charge is 2.20. The van der Waals surface area contributed by atoms with Gasteiger partial charge in [0.25, 0.3) is 5.91 Å². The van der Waals surface area contributed by atoms with Crippen LogP contribution in [0.4, 0.5) is 10.1 Å². The number of nitrogens with one attached hydrogen (secondary N) is 3. The van der Waals surface area contributed by atoms with Crippen molar-refractivity contribution in [2.45, 2.75) is 26.8 Å². The van der Waals surface area contributed by atoms with Crippen LogP contribution in [0.25, 0.3) is 11.0 Å². The molecule has 3 N–H and O–H groups in total. The lowest BCUT2D eigenvalue weighted by atomic mass is 9.99. The number of hydrogen-bond donors (Lipinski definition) is 3. The molecule has 2 aromatic heterocycles. The molecule has 1 aliphatic rings. The van der Waals surface area contributed by atoms with E-state index in [9.17, 15) is 9.18 Å². The van der Waals surface area contributed by atoms with Crippen LogP contribution in [0.3, 0.4) is 0 Å². The molecule has 1 aliphatic heterocycles. The van der Waals surface area contributed by atoms with E-state index in [2.05, 4.69) is 25.8 Å². The Hall–Kier alpha value is -2.22. The summed E-state index contributed by atoms with van der Waals surface area (Å²) in [6.07, 6.45) is 0.615. The summed E-state index contributed by atoms with van der Waals surface area (Å²) in [7, 11) is 0. The second-order valence-corrected chi connectivity index (χ2v) is 6.30. The van der Waals surface area contributed by atoms with Crippen LogP contribution in [-0.2, 0) is 13.0 Å². The monoisotopic (exact) mass is 411 g/mol. The maximum atomic E-state index is 14.8. The smallest absolute Gasteiger partial charge is 0.256 e. The molecular weight excluding hydrogens is 392 g/mol. The van der Waals surface area contributed by atoms with E-state index >= 15 is 0 Å². The summed E-state index contributed by atoms with van der Waals surface area (Å²) in [5, 5.41) is 13.5. The number of benzene rings is 1. The van der Waals surface area contributed by atoms with Crippen molar-refractivity contribution in [3.05, 3.63) is 52.1 Å². The average molecular weight is 412 g/mol.